The van der Waals surface area contributed by atoms with E-state index in [1.807, 2.05) is 0 Å². The summed E-state index contributed by atoms with van der Waals surface area (Å²) in [6.07, 6.45) is 12.0. The standard InChI is InChI=1S/C34H54O4/c1-21(2)24-12-17-34(20-37-22(3)35)19-18-32(8)25(29(24)34)10-11-27-31(7)15-14-28(38-23(4)36)30(5,6)26(31)13-16-33(27,32)9/h24-29H,1,10-20H2,2-9H3/t24-,25+,26-,27-,28-,29-,31-,32+,33+,34-/m0/s1. The van der Waals surface area contributed by atoms with Crippen molar-refractivity contribution in [2.24, 2.45) is 56.7 Å². The lowest BCUT2D eigenvalue weighted by Crippen LogP contribution is -2.67. The number of carbonyl (C=O) groups is 2. The van der Waals surface area contributed by atoms with Gasteiger partial charge >= 0.3 is 11.9 Å². The number of esters is 2. The van der Waals surface area contributed by atoms with Crippen LogP contribution in [0, 0.1) is 56.7 Å². The zero-order chi connectivity index (χ0) is 27.9. The van der Waals surface area contributed by atoms with Gasteiger partial charge in [-0.05, 0) is 117 Å². The number of hydrogen-bond acceptors (Lipinski definition) is 4. The van der Waals surface area contributed by atoms with Gasteiger partial charge in [0.1, 0.15) is 6.10 Å². The third kappa shape index (κ3) is 3.80. The molecule has 0 aromatic rings. The number of hydrogen-bond donors (Lipinski definition) is 0. The summed E-state index contributed by atoms with van der Waals surface area (Å²) in [5.41, 5.74) is 2.30. The lowest BCUT2D eigenvalue weighted by atomic mass is 9.32. The third-order valence-electron chi connectivity index (χ3n) is 14.0. The SMILES string of the molecule is C=C(C)[C@@H]1CC[C@@]2(COC(C)=O)CC[C@]3(C)[C@H](CC[C@H]4[C@@]5(C)CC[C@H](OC(C)=O)C(C)(C)[C@@H]5CC[C@]43C)[C@H]12. The second-order valence-corrected chi connectivity index (χ2v) is 15.8. The Bertz CT molecular complexity index is 998. The van der Waals surface area contributed by atoms with Crippen LogP contribution in [-0.4, -0.2) is 24.6 Å². The molecular formula is C34H54O4. The van der Waals surface area contributed by atoms with Gasteiger partial charge in [0.25, 0.3) is 0 Å². The van der Waals surface area contributed by atoms with E-state index in [9.17, 15) is 9.59 Å². The molecule has 0 amide bonds. The highest BCUT2D eigenvalue weighted by atomic mass is 16.5. The van der Waals surface area contributed by atoms with Crippen LogP contribution in [0.4, 0.5) is 0 Å². The van der Waals surface area contributed by atoms with Crippen LogP contribution in [0.3, 0.4) is 0 Å². The molecule has 214 valence electrons. The van der Waals surface area contributed by atoms with Crippen molar-refractivity contribution in [1.29, 1.82) is 0 Å². The lowest BCUT2D eigenvalue weighted by Gasteiger charge is -2.73. The molecule has 0 aliphatic heterocycles. The van der Waals surface area contributed by atoms with Gasteiger partial charge in [-0.15, -0.1) is 0 Å². The van der Waals surface area contributed by atoms with E-state index >= 15 is 0 Å². The second-order valence-electron chi connectivity index (χ2n) is 15.8. The molecule has 5 aliphatic rings. The largest absolute Gasteiger partial charge is 0.465 e. The Labute approximate surface area is 232 Å². The average molecular weight is 527 g/mol. The molecule has 0 spiro atoms. The van der Waals surface area contributed by atoms with Gasteiger partial charge in [-0.2, -0.15) is 0 Å². The summed E-state index contributed by atoms with van der Waals surface area (Å²) in [6.45, 7) is 23.1. The number of allylic oxidation sites excluding steroid dienone is 1. The van der Waals surface area contributed by atoms with E-state index in [0.717, 1.165) is 12.8 Å². The highest BCUT2D eigenvalue weighted by molar-refractivity contribution is 5.66. The minimum absolute atomic E-state index is 0.00000109. The van der Waals surface area contributed by atoms with Crippen LogP contribution < -0.4 is 0 Å². The Morgan fingerprint density at radius 2 is 1.47 bits per heavy atom. The highest BCUT2D eigenvalue weighted by Gasteiger charge is 2.71. The van der Waals surface area contributed by atoms with Gasteiger partial charge in [-0.3, -0.25) is 9.59 Å². The topological polar surface area (TPSA) is 52.6 Å². The minimum Gasteiger partial charge on any atom is -0.465 e. The van der Waals surface area contributed by atoms with E-state index in [4.69, 9.17) is 9.47 Å². The quantitative estimate of drug-likeness (QED) is 0.274. The fourth-order valence-electron chi connectivity index (χ4n) is 12.2. The first-order chi connectivity index (χ1) is 17.6. The molecule has 5 fully saturated rings. The molecule has 0 aromatic carbocycles. The predicted molar refractivity (Wildman–Crippen MR) is 151 cm³/mol. The van der Waals surface area contributed by atoms with Crippen LogP contribution in [0.5, 0.6) is 0 Å². The molecule has 5 aliphatic carbocycles. The maximum Gasteiger partial charge on any atom is 0.302 e. The number of carbonyl (C=O) groups excluding carboxylic acids is 2. The maximum absolute atomic E-state index is 11.9. The van der Waals surface area contributed by atoms with E-state index in [1.165, 1.54) is 56.9 Å². The summed E-state index contributed by atoms with van der Waals surface area (Å²) < 4.78 is 11.7. The Kier molecular flexibility index (Phi) is 6.76. The Morgan fingerprint density at radius 3 is 2.11 bits per heavy atom. The highest BCUT2D eigenvalue weighted by Crippen LogP contribution is 2.77. The van der Waals surface area contributed by atoms with Crippen molar-refractivity contribution in [3.63, 3.8) is 0 Å². The predicted octanol–water partition coefficient (Wildman–Crippen LogP) is 8.14. The van der Waals surface area contributed by atoms with Crippen LogP contribution in [-0.2, 0) is 19.1 Å². The lowest BCUT2D eigenvalue weighted by molar-refractivity contribution is -0.252. The molecule has 10 atom stereocenters. The smallest absolute Gasteiger partial charge is 0.302 e. The average Bonchev–Trinajstić information content (AvgIpc) is 3.20. The second kappa shape index (κ2) is 9.10. The van der Waals surface area contributed by atoms with Crippen molar-refractivity contribution in [2.75, 3.05) is 6.61 Å². The molecule has 0 N–H and O–H groups in total. The summed E-state index contributed by atoms with van der Waals surface area (Å²) in [6, 6.07) is 0. The first-order valence-corrected chi connectivity index (χ1v) is 15.6. The number of rotatable bonds is 4. The zero-order valence-electron chi connectivity index (χ0n) is 25.6. The van der Waals surface area contributed by atoms with Crippen LogP contribution in [0.15, 0.2) is 12.2 Å². The minimum atomic E-state index is -0.140. The van der Waals surface area contributed by atoms with E-state index in [0.29, 0.717) is 41.6 Å². The van der Waals surface area contributed by atoms with Gasteiger partial charge < -0.3 is 9.47 Å². The van der Waals surface area contributed by atoms with Crippen LogP contribution in [0.25, 0.3) is 0 Å². The Balaban J connectivity index is 1.49. The molecule has 0 saturated heterocycles. The molecular weight excluding hydrogens is 472 g/mol. The monoisotopic (exact) mass is 526 g/mol. The molecule has 0 radical (unpaired) electrons. The first kappa shape index (κ1) is 28.2. The van der Waals surface area contributed by atoms with Crippen molar-refractivity contribution < 1.29 is 19.1 Å². The van der Waals surface area contributed by atoms with Crippen molar-refractivity contribution in [1.82, 2.24) is 0 Å². The van der Waals surface area contributed by atoms with Gasteiger partial charge in [0.05, 0.1) is 6.61 Å². The first-order valence-electron chi connectivity index (χ1n) is 15.6. The van der Waals surface area contributed by atoms with Crippen molar-refractivity contribution in [2.45, 2.75) is 126 Å². The molecule has 0 unspecified atom stereocenters. The van der Waals surface area contributed by atoms with Crippen molar-refractivity contribution in [3.8, 4) is 0 Å². The van der Waals surface area contributed by atoms with E-state index in [1.54, 1.807) is 13.8 Å². The normalized spacial score (nSPS) is 49.1. The van der Waals surface area contributed by atoms with Crippen LogP contribution in [0.2, 0.25) is 0 Å². The molecule has 0 aromatic heterocycles. The van der Waals surface area contributed by atoms with Gasteiger partial charge in [0.15, 0.2) is 0 Å². The van der Waals surface area contributed by atoms with Gasteiger partial charge in [-0.25, -0.2) is 0 Å². The number of ether oxygens (including phenoxy) is 2. The fourth-order valence-corrected chi connectivity index (χ4v) is 12.2. The van der Waals surface area contributed by atoms with Gasteiger partial charge in [-0.1, -0.05) is 46.8 Å². The van der Waals surface area contributed by atoms with Crippen LogP contribution in [0.1, 0.15) is 120 Å². The molecule has 4 heteroatoms. The third-order valence-corrected chi connectivity index (χ3v) is 14.0. The molecule has 5 rings (SSSR count). The summed E-state index contributed by atoms with van der Waals surface area (Å²) in [5, 5.41) is 0. The molecule has 4 nitrogen and oxygen atoms in total. The summed E-state index contributed by atoms with van der Waals surface area (Å²) in [4.78, 5) is 23.8. The van der Waals surface area contributed by atoms with Gasteiger partial charge in [0, 0.05) is 24.7 Å². The van der Waals surface area contributed by atoms with Gasteiger partial charge in [0.2, 0.25) is 0 Å². The van der Waals surface area contributed by atoms with E-state index in [2.05, 4.69) is 48.1 Å². The Hall–Kier alpha value is -1.32. The summed E-state index contributed by atoms with van der Waals surface area (Å²) in [7, 11) is 0. The summed E-state index contributed by atoms with van der Waals surface area (Å²) in [5.74, 6) is 2.76. The summed E-state index contributed by atoms with van der Waals surface area (Å²) >= 11 is 0. The van der Waals surface area contributed by atoms with Crippen LogP contribution >= 0.6 is 0 Å². The zero-order valence-corrected chi connectivity index (χ0v) is 25.6. The molecule has 0 heterocycles. The molecule has 0 bridgehead atoms. The number of fused-ring (bicyclic) bond motifs is 7. The van der Waals surface area contributed by atoms with Crippen molar-refractivity contribution in [3.05, 3.63) is 12.2 Å². The molecule has 38 heavy (non-hydrogen) atoms. The van der Waals surface area contributed by atoms with E-state index < -0.39 is 0 Å². The molecule has 5 saturated carbocycles. The fraction of sp³-hybridized carbons (Fsp3) is 0.882. The van der Waals surface area contributed by atoms with Crippen molar-refractivity contribution >= 4 is 11.9 Å². The van der Waals surface area contributed by atoms with E-state index in [-0.39, 0.29) is 39.7 Å². The Morgan fingerprint density at radius 1 is 0.763 bits per heavy atom. The maximum atomic E-state index is 11.9.